The van der Waals surface area contributed by atoms with Gasteiger partial charge >= 0.3 is 0 Å². The van der Waals surface area contributed by atoms with E-state index in [1.165, 1.54) is 12.8 Å². The van der Waals surface area contributed by atoms with E-state index in [0.717, 1.165) is 139 Å². The minimum absolute atomic E-state index is 0.176. The number of carbonyl (C=O) groups excluding carboxylic acids is 1. The zero-order chi connectivity index (χ0) is 36.3. The van der Waals surface area contributed by atoms with Crippen LogP contribution in [0.1, 0.15) is 136 Å². The number of ketones is 1. The van der Waals surface area contributed by atoms with Crippen molar-refractivity contribution in [2.75, 3.05) is 16.0 Å². The molecule has 0 unspecified atom stereocenters. The summed E-state index contributed by atoms with van der Waals surface area (Å²) in [7, 11) is 0. The fourth-order valence-electron chi connectivity index (χ4n) is 8.93. The largest absolute Gasteiger partial charge is 0.871 e. The molecule has 0 aromatic heterocycles. The van der Waals surface area contributed by atoms with Crippen LogP contribution in [0.3, 0.4) is 0 Å². The van der Waals surface area contributed by atoms with E-state index >= 15 is 0 Å². The van der Waals surface area contributed by atoms with Crippen LogP contribution in [-0.4, -0.2) is 17.1 Å². The lowest BCUT2D eigenvalue weighted by atomic mass is 9.79. The molecule has 0 spiro atoms. The van der Waals surface area contributed by atoms with Crippen LogP contribution in [0.25, 0.3) is 32.7 Å². The molecule has 2 heterocycles. The lowest BCUT2D eigenvalue weighted by molar-refractivity contribution is -0.292. The Hall–Kier alpha value is -4.32. The Morgan fingerprint density at radius 1 is 0.596 bits per heavy atom. The summed E-state index contributed by atoms with van der Waals surface area (Å²) in [5.74, 6) is -0.351. The third-order valence-corrected chi connectivity index (χ3v) is 11.7. The molecule has 0 radical (unpaired) electrons. The van der Waals surface area contributed by atoms with Crippen LogP contribution >= 0.6 is 0 Å². The van der Waals surface area contributed by atoms with Crippen LogP contribution < -0.4 is 31.6 Å². The van der Waals surface area contributed by atoms with E-state index in [-0.39, 0.29) is 22.8 Å². The minimum Gasteiger partial charge on any atom is -0.871 e. The smallest absolute Gasteiger partial charge is 0.193 e. The van der Waals surface area contributed by atoms with Crippen molar-refractivity contribution in [2.45, 2.75) is 142 Å². The highest BCUT2D eigenvalue weighted by Crippen LogP contribution is 2.48. The summed E-state index contributed by atoms with van der Waals surface area (Å²) in [6.45, 7) is 8.95. The molecule has 2 aliphatic heterocycles. The predicted molar refractivity (Wildman–Crippen MR) is 217 cm³/mol. The summed E-state index contributed by atoms with van der Waals surface area (Å²) < 4.78 is 0. The van der Waals surface area contributed by atoms with Gasteiger partial charge < -0.3 is 21.1 Å². The molecule has 6 nitrogen and oxygen atoms in total. The number of hydrogen-bond donors (Lipinski definition) is 3. The van der Waals surface area contributed by atoms with Gasteiger partial charge in [0.25, 0.3) is 0 Å². The van der Waals surface area contributed by atoms with Crippen LogP contribution in [0.15, 0.2) is 71.4 Å². The molecule has 0 saturated heterocycles. The van der Waals surface area contributed by atoms with Crippen molar-refractivity contribution in [1.82, 2.24) is 0 Å². The molecule has 4 aromatic rings. The fraction of sp³-hybridized carbons (Fsp3) is 0.478. The van der Waals surface area contributed by atoms with Crippen LogP contribution in [0.5, 0.6) is 0 Å². The van der Waals surface area contributed by atoms with Crippen LogP contribution in [-0.2, 0) is 4.79 Å². The average molecular weight is 698 g/mol. The zero-order valence-corrected chi connectivity index (χ0v) is 31.9. The van der Waals surface area contributed by atoms with Gasteiger partial charge in [-0.05, 0) is 74.3 Å². The summed E-state index contributed by atoms with van der Waals surface area (Å²) in [6.07, 6.45) is 17.4. The van der Waals surface area contributed by atoms with Crippen molar-refractivity contribution < 1.29 is 9.90 Å². The van der Waals surface area contributed by atoms with E-state index in [2.05, 4.69) is 86.1 Å². The predicted octanol–water partition coefficient (Wildman–Crippen LogP) is 10.1. The molecule has 0 atom stereocenters. The Balaban J connectivity index is 1.39. The minimum atomic E-state index is -0.459. The molecule has 6 heteroatoms. The summed E-state index contributed by atoms with van der Waals surface area (Å²) in [5, 5.41) is 32.0. The van der Waals surface area contributed by atoms with Crippen LogP contribution in [0, 0.1) is 0 Å². The number of allylic oxidation sites excluding steroid dienone is 2. The van der Waals surface area contributed by atoms with Crippen molar-refractivity contribution in [2.24, 2.45) is 4.99 Å². The number of rotatable bonds is 17. The number of unbranched alkanes of at least 4 members (excludes halogenated alkanes) is 8. The first-order valence-corrected chi connectivity index (χ1v) is 20.4. The molecule has 0 amide bonds. The second-order valence-electron chi connectivity index (χ2n) is 15.6. The molecule has 3 N–H and O–H groups in total. The summed E-state index contributed by atoms with van der Waals surface area (Å²) in [6, 6.07) is 20.8. The Bertz CT molecular complexity index is 2110. The first-order chi connectivity index (χ1) is 25.4. The first kappa shape index (κ1) is 36.1. The van der Waals surface area contributed by atoms with Gasteiger partial charge in [-0.25, -0.2) is 0 Å². The highest BCUT2D eigenvalue weighted by atomic mass is 16.3. The van der Waals surface area contributed by atoms with E-state index in [9.17, 15) is 9.90 Å². The number of nitrogens with zero attached hydrogens (tertiary/aromatic N) is 1. The Morgan fingerprint density at radius 2 is 1.15 bits per heavy atom. The van der Waals surface area contributed by atoms with Crippen molar-refractivity contribution in [3.63, 3.8) is 0 Å². The molecule has 52 heavy (non-hydrogen) atoms. The van der Waals surface area contributed by atoms with E-state index in [0.29, 0.717) is 10.8 Å². The van der Waals surface area contributed by atoms with E-state index < -0.39 is 5.66 Å². The molecule has 4 aromatic carbocycles. The molecule has 7 rings (SSSR count). The zero-order valence-electron chi connectivity index (χ0n) is 31.9. The van der Waals surface area contributed by atoms with Crippen molar-refractivity contribution in [3.8, 4) is 0 Å². The second kappa shape index (κ2) is 15.3. The average Bonchev–Trinajstić information content (AvgIpc) is 3.14. The van der Waals surface area contributed by atoms with Gasteiger partial charge in [0.15, 0.2) is 5.78 Å². The maximum Gasteiger partial charge on any atom is 0.193 e. The summed E-state index contributed by atoms with van der Waals surface area (Å²) >= 11 is 0. The van der Waals surface area contributed by atoms with Gasteiger partial charge in [0.2, 0.25) is 0 Å². The van der Waals surface area contributed by atoms with Crippen molar-refractivity contribution in [3.05, 3.63) is 82.6 Å². The summed E-state index contributed by atoms with van der Waals surface area (Å²) in [5.41, 5.74) is 3.52. The third kappa shape index (κ3) is 6.58. The molecule has 0 saturated carbocycles. The molecular weight excluding hydrogens is 641 g/mol. The molecule has 1 aliphatic carbocycles. The number of benzene rings is 4. The van der Waals surface area contributed by atoms with Gasteiger partial charge in [0, 0.05) is 44.1 Å². The van der Waals surface area contributed by atoms with Crippen LogP contribution in [0.2, 0.25) is 0 Å². The monoisotopic (exact) mass is 697 g/mol. The van der Waals surface area contributed by atoms with Gasteiger partial charge in [0.1, 0.15) is 11.3 Å². The lowest BCUT2D eigenvalue weighted by Gasteiger charge is -2.44. The topological polar surface area (TPSA) is 88.6 Å². The maximum absolute atomic E-state index is 14.6. The molecule has 0 fully saturated rings. The summed E-state index contributed by atoms with van der Waals surface area (Å²) in [4.78, 5) is 20.1. The van der Waals surface area contributed by atoms with E-state index in [1.54, 1.807) is 0 Å². The number of nitrogens with one attached hydrogen (secondary N) is 3. The normalized spacial score (nSPS) is 17.7. The van der Waals surface area contributed by atoms with E-state index in [4.69, 9.17) is 4.99 Å². The molecule has 0 bridgehead atoms. The Labute approximate surface area is 309 Å². The number of anilines is 3. The van der Waals surface area contributed by atoms with Crippen molar-refractivity contribution >= 4 is 55.5 Å². The van der Waals surface area contributed by atoms with Crippen molar-refractivity contribution in [1.29, 1.82) is 0 Å². The van der Waals surface area contributed by atoms with Gasteiger partial charge in [-0.15, -0.1) is 0 Å². The second-order valence-corrected chi connectivity index (χ2v) is 15.6. The highest BCUT2D eigenvalue weighted by Gasteiger charge is 2.39. The Kier molecular flexibility index (Phi) is 10.6. The molecule has 274 valence electrons. The molecule has 3 aliphatic rings. The van der Waals surface area contributed by atoms with Gasteiger partial charge in [0.05, 0.1) is 11.0 Å². The van der Waals surface area contributed by atoms with Gasteiger partial charge in [-0.2, -0.15) is 0 Å². The maximum atomic E-state index is 14.6. The molecular formula is C46H57N4O2-. The third-order valence-electron chi connectivity index (χ3n) is 11.7. The quantitative estimate of drug-likeness (QED) is 0.0956. The van der Waals surface area contributed by atoms with Gasteiger partial charge in [-0.3, -0.25) is 9.79 Å². The first-order valence-electron chi connectivity index (χ1n) is 20.4. The van der Waals surface area contributed by atoms with E-state index in [1.807, 2.05) is 18.2 Å². The SMILES string of the molecule is CCCCCC1(CCCCC)N=c2/c(=C3/C(=O)C(c4ccc5cccc6c5c4NC(CCCCC)(CCCCC)N6)=C3[O-])ccc3cccc(c23)N1. The number of carbonyl (C=O) groups is 1. The van der Waals surface area contributed by atoms with Gasteiger partial charge in [-0.1, -0.05) is 133 Å². The number of hydrogen-bond acceptors (Lipinski definition) is 6. The van der Waals surface area contributed by atoms with Crippen LogP contribution in [0.4, 0.5) is 17.1 Å². The highest BCUT2D eigenvalue weighted by molar-refractivity contribution is 6.52. The lowest BCUT2D eigenvalue weighted by Crippen LogP contribution is -2.49. The standard InChI is InChI=1S/C46H58N4O2/c1-5-9-13-27-45(28-14-10-6-2)47-35-21-17-19-31-23-25-33(41(49-45)37(31)35)39-43(51)40(44(39)52)34-26-24-32-20-18-22-36-38(32)42(34)50-46(48-36,29-15-11-7-3)30-16-12-8-4/h17-26,47-49,51H,5-16,27-30H2,1-4H3/p-1/b40-34+. The fourth-order valence-corrected chi connectivity index (χ4v) is 8.93. The number of Topliss-reactive ketones (excluding diaryl/α,β-unsaturated/α-hetero) is 1. The Morgan fingerprint density at radius 3 is 1.75 bits per heavy atom.